The van der Waals surface area contributed by atoms with Crippen molar-refractivity contribution in [3.05, 3.63) is 30.3 Å². The van der Waals surface area contributed by atoms with Gasteiger partial charge in [-0.15, -0.1) is 0 Å². The van der Waals surface area contributed by atoms with Crippen LogP contribution in [0.5, 0.6) is 0 Å². The van der Waals surface area contributed by atoms with Gasteiger partial charge in [0.25, 0.3) is 11.8 Å². The summed E-state index contributed by atoms with van der Waals surface area (Å²) in [7, 11) is 0. The van der Waals surface area contributed by atoms with E-state index in [0.717, 1.165) is 0 Å². The van der Waals surface area contributed by atoms with Gasteiger partial charge in [0.2, 0.25) is 5.84 Å². The summed E-state index contributed by atoms with van der Waals surface area (Å²) in [6.07, 6.45) is 0.00109. The number of morpholine rings is 1. The largest absolute Gasteiger partial charge is 0.375 e. The number of aliphatic imine (C=N–C) groups is 1. The molecule has 0 saturated carbocycles. The number of hydrogen-bond acceptors (Lipinski definition) is 5. The van der Waals surface area contributed by atoms with Gasteiger partial charge in [-0.3, -0.25) is 15.0 Å². The zero-order valence-electron chi connectivity index (χ0n) is 13.2. The highest BCUT2D eigenvalue weighted by Gasteiger charge is 2.33. The molecular weight excluding hydrogens is 296 g/mol. The molecule has 2 amide bonds. The molecule has 2 aliphatic rings. The maximum Gasteiger partial charge on any atom is 0.290 e. The van der Waals surface area contributed by atoms with Crippen LogP contribution in [0.25, 0.3) is 0 Å². The number of ether oxygens (including phenoxy) is 1. The molecule has 3 rings (SSSR count). The maximum atomic E-state index is 12.7. The van der Waals surface area contributed by atoms with E-state index in [-0.39, 0.29) is 23.8 Å². The lowest BCUT2D eigenvalue weighted by molar-refractivity contribution is -0.131. The minimum atomic E-state index is -0.603. The molecule has 0 unspecified atom stereocenters. The van der Waals surface area contributed by atoms with E-state index in [1.54, 1.807) is 11.8 Å². The van der Waals surface area contributed by atoms with Gasteiger partial charge in [-0.25, -0.2) is 10.0 Å². The van der Waals surface area contributed by atoms with Crippen LogP contribution in [0, 0.1) is 0 Å². The standard InChI is InChI=1S/C16H20N4O3/c1-11-10-19(8-9-23-11)16(22)14-17-12(2)15(21)20(18-14)13-6-4-3-5-7-13/h3-7,11-12H,8-10H2,1-2H3,(H,17,18)/t11-,12-/m1/s1. The van der Waals surface area contributed by atoms with E-state index in [1.165, 1.54) is 5.01 Å². The molecule has 0 aliphatic carbocycles. The Labute approximate surface area is 134 Å². The van der Waals surface area contributed by atoms with Crippen LogP contribution in [0.1, 0.15) is 13.8 Å². The van der Waals surface area contributed by atoms with Crippen molar-refractivity contribution in [1.29, 1.82) is 0 Å². The van der Waals surface area contributed by atoms with Gasteiger partial charge < -0.3 is 9.64 Å². The van der Waals surface area contributed by atoms with Crippen LogP contribution in [0.3, 0.4) is 0 Å². The predicted octanol–water partition coefficient (Wildman–Crippen LogP) is 0.572. The highest BCUT2D eigenvalue weighted by Crippen LogP contribution is 2.16. The Morgan fingerprint density at radius 2 is 2.04 bits per heavy atom. The van der Waals surface area contributed by atoms with Gasteiger partial charge in [0.05, 0.1) is 18.4 Å². The van der Waals surface area contributed by atoms with Crippen molar-refractivity contribution < 1.29 is 14.3 Å². The van der Waals surface area contributed by atoms with Gasteiger partial charge in [-0.1, -0.05) is 18.2 Å². The van der Waals surface area contributed by atoms with Gasteiger partial charge in [0.1, 0.15) is 6.04 Å². The van der Waals surface area contributed by atoms with Crippen molar-refractivity contribution >= 4 is 23.3 Å². The molecule has 2 atom stereocenters. The molecule has 1 aromatic rings. The highest BCUT2D eigenvalue weighted by molar-refractivity contribution is 6.39. The second-order valence-electron chi connectivity index (χ2n) is 5.71. The average Bonchev–Trinajstić information content (AvgIpc) is 2.57. The molecular formula is C16H20N4O3. The number of amidine groups is 1. The van der Waals surface area contributed by atoms with E-state index in [4.69, 9.17) is 4.74 Å². The number of nitrogens with one attached hydrogen (secondary N) is 1. The Kier molecular flexibility index (Phi) is 4.29. The van der Waals surface area contributed by atoms with E-state index < -0.39 is 6.04 Å². The minimum Gasteiger partial charge on any atom is -0.375 e. The number of carbonyl (C=O) groups excluding carboxylic acids is 2. The first-order chi connectivity index (χ1) is 11.1. The van der Waals surface area contributed by atoms with E-state index >= 15 is 0 Å². The van der Waals surface area contributed by atoms with Gasteiger partial charge in [0.15, 0.2) is 0 Å². The molecule has 1 saturated heterocycles. The van der Waals surface area contributed by atoms with Crippen LogP contribution < -0.4 is 10.4 Å². The number of hydrogen-bond donors (Lipinski definition) is 1. The third-order valence-corrected chi connectivity index (χ3v) is 3.86. The number of hydrazine groups is 1. The highest BCUT2D eigenvalue weighted by atomic mass is 16.5. The van der Waals surface area contributed by atoms with E-state index in [0.29, 0.717) is 25.4 Å². The van der Waals surface area contributed by atoms with Crippen LogP contribution in [-0.4, -0.2) is 54.4 Å². The molecule has 7 heteroatoms. The SMILES string of the molecule is C[C@@H]1CN(C(=O)C2=N[C@H](C)C(=O)N(c3ccccc3)N2)CCO1. The molecule has 7 nitrogen and oxygen atoms in total. The fourth-order valence-electron chi connectivity index (χ4n) is 2.65. The maximum absolute atomic E-state index is 12.7. The number of para-hydroxylation sites is 1. The Morgan fingerprint density at radius 1 is 1.30 bits per heavy atom. The number of carbonyl (C=O) groups is 2. The molecule has 122 valence electrons. The number of nitrogens with zero attached hydrogens (tertiary/aromatic N) is 3. The van der Waals surface area contributed by atoms with Gasteiger partial charge >= 0.3 is 0 Å². The summed E-state index contributed by atoms with van der Waals surface area (Å²) < 4.78 is 5.46. The third kappa shape index (κ3) is 3.19. The lowest BCUT2D eigenvalue weighted by Gasteiger charge is -2.35. The topological polar surface area (TPSA) is 74.2 Å². The van der Waals surface area contributed by atoms with E-state index in [2.05, 4.69) is 10.4 Å². The van der Waals surface area contributed by atoms with E-state index in [1.807, 2.05) is 37.3 Å². The van der Waals surface area contributed by atoms with Gasteiger partial charge in [0, 0.05) is 13.1 Å². The lowest BCUT2D eigenvalue weighted by Crippen LogP contribution is -2.59. The first kappa shape index (κ1) is 15.5. The van der Waals surface area contributed by atoms with Crippen LogP contribution in [0.4, 0.5) is 5.69 Å². The zero-order chi connectivity index (χ0) is 16.4. The molecule has 1 aromatic carbocycles. The van der Waals surface area contributed by atoms with E-state index in [9.17, 15) is 9.59 Å². The fraction of sp³-hybridized carbons (Fsp3) is 0.438. The average molecular weight is 316 g/mol. The second kappa shape index (κ2) is 6.37. The summed E-state index contributed by atoms with van der Waals surface area (Å²) in [5, 5.41) is 1.38. The Morgan fingerprint density at radius 3 is 2.74 bits per heavy atom. The van der Waals surface area contributed by atoms with Crippen LogP contribution in [0.2, 0.25) is 0 Å². The first-order valence-electron chi connectivity index (χ1n) is 7.70. The third-order valence-electron chi connectivity index (χ3n) is 3.86. The second-order valence-corrected chi connectivity index (χ2v) is 5.71. The van der Waals surface area contributed by atoms with Gasteiger partial charge in [-0.05, 0) is 26.0 Å². The molecule has 1 N–H and O–H groups in total. The van der Waals surface area contributed by atoms with Crippen molar-refractivity contribution in [1.82, 2.24) is 10.3 Å². The van der Waals surface area contributed by atoms with Gasteiger partial charge in [-0.2, -0.15) is 0 Å². The quantitative estimate of drug-likeness (QED) is 0.866. The van der Waals surface area contributed by atoms with Crippen molar-refractivity contribution in [2.75, 3.05) is 24.7 Å². The molecule has 0 aromatic heterocycles. The fourth-order valence-corrected chi connectivity index (χ4v) is 2.65. The summed E-state index contributed by atoms with van der Waals surface area (Å²) in [4.78, 5) is 30.9. The molecule has 23 heavy (non-hydrogen) atoms. The Balaban J connectivity index is 1.81. The molecule has 2 heterocycles. The first-order valence-corrected chi connectivity index (χ1v) is 7.70. The molecule has 0 bridgehead atoms. The lowest BCUT2D eigenvalue weighted by atomic mass is 10.2. The van der Waals surface area contributed by atoms with Crippen molar-refractivity contribution in [2.45, 2.75) is 26.0 Å². The number of benzene rings is 1. The number of rotatable bonds is 2. The molecule has 2 aliphatic heterocycles. The molecule has 0 radical (unpaired) electrons. The predicted molar refractivity (Wildman–Crippen MR) is 86.0 cm³/mol. The number of amides is 2. The van der Waals surface area contributed by atoms with Crippen molar-refractivity contribution in [2.24, 2.45) is 4.99 Å². The van der Waals surface area contributed by atoms with Crippen LogP contribution >= 0.6 is 0 Å². The summed E-state index contributed by atoms with van der Waals surface area (Å²) in [5.74, 6) is -0.210. The van der Waals surface area contributed by atoms with Crippen molar-refractivity contribution in [3.63, 3.8) is 0 Å². The van der Waals surface area contributed by atoms with Crippen LogP contribution in [0.15, 0.2) is 35.3 Å². The molecule has 0 spiro atoms. The summed E-state index contributed by atoms with van der Waals surface area (Å²) in [6.45, 7) is 5.17. The Bertz CT molecular complexity index is 631. The van der Waals surface area contributed by atoms with Crippen LogP contribution in [-0.2, 0) is 14.3 Å². The summed E-state index contributed by atoms with van der Waals surface area (Å²) >= 11 is 0. The van der Waals surface area contributed by atoms with Crippen molar-refractivity contribution in [3.8, 4) is 0 Å². The number of anilines is 1. The molecule has 1 fully saturated rings. The zero-order valence-corrected chi connectivity index (χ0v) is 13.2. The summed E-state index contributed by atoms with van der Waals surface area (Å²) in [6, 6.07) is 8.56. The summed E-state index contributed by atoms with van der Waals surface area (Å²) in [5.41, 5.74) is 3.54. The minimum absolute atomic E-state index is 0.00109. The Hall–Kier alpha value is -2.41. The monoisotopic (exact) mass is 316 g/mol. The smallest absolute Gasteiger partial charge is 0.290 e. The normalized spacial score (nSPS) is 25.0.